The predicted molar refractivity (Wildman–Crippen MR) is 71.4 cm³/mol. The van der Waals surface area contributed by atoms with Crippen molar-refractivity contribution in [2.75, 3.05) is 0 Å². The lowest BCUT2D eigenvalue weighted by Gasteiger charge is -2.07. The standard InChI is InChI=1S/C13H11ClN4/c1-2-18-11(7-8-15-18)12-9-5-3-4-6-10(9)13(14)17-16-12/h3-8H,2H2,1H3. The smallest absolute Gasteiger partial charge is 0.159 e. The van der Waals surface area contributed by atoms with Gasteiger partial charge < -0.3 is 0 Å². The number of aromatic nitrogens is 4. The van der Waals surface area contributed by atoms with E-state index in [0.29, 0.717) is 5.15 Å². The van der Waals surface area contributed by atoms with Crippen LogP contribution in [0.4, 0.5) is 0 Å². The van der Waals surface area contributed by atoms with Gasteiger partial charge in [0, 0.05) is 23.5 Å². The molecule has 3 rings (SSSR count). The van der Waals surface area contributed by atoms with Crippen molar-refractivity contribution in [2.45, 2.75) is 13.5 Å². The Labute approximate surface area is 109 Å². The Morgan fingerprint density at radius 1 is 1.11 bits per heavy atom. The minimum Gasteiger partial charge on any atom is -0.263 e. The van der Waals surface area contributed by atoms with Crippen molar-refractivity contribution >= 4 is 22.4 Å². The van der Waals surface area contributed by atoms with Crippen LogP contribution in [0.3, 0.4) is 0 Å². The van der Waals surface area contributed by atoms with Gasteiger partial charge in [-0.2, -0.15) is 5.10 Å². The highest BCUT2D eigenvalue weighted by Gasteiger charge is 2.12. The molecule has 0 unspecified atom stereocenters. The Hall–Kier alpha value is -1.94. The highest BCUT2D eigenvalue weighted by Crippen LogP contribution is 2.29. The van der Waals surface area contributed by atoms with E-state index in [1.165, 1.54) is 0 Å². The second-order valence-corrected chi connectivity index (χ2v) is 4.28. The maximum Gasteiger partial charge on any atom is 0.159 e. The fourth-order valence-corrected chi connectivity index (χ4v) is 2.25. The topological polar surface area (TPSA) is 43.6 Å². The Bertz CT molecular complexity index is 705. The summed E-state index contributed by atoms with van der Waals surface area (Å²) in [6.45, 7) is 2.84. The van der Waals surface area contributed by atoms with Crippen LogP contribution in [0.2, 0.25) is 5.15 Å². The average molecular weight is 259 g/mol. The molecular formula is C13H11ClN4. The zero-order chi connectivity index (χ0) is 12.5. The van der Waals surface area contributed by atoms with E-state index in [9.17, 15) is 0 Å². The van der Waals surface area contributed by atoms with Gasteiger partial charge >= 0.3 is 0 Å². The number of hydrogen-bond acceptors (Lipinski definition) is 3. The van der Waals surface area contributed by atoms with Crippen molar-refractivity contribution < 1.29 is 0 Å². The Morgan fingerprint density at radius 3 is 2.67 bits per heavy atom. The molecule has 0 fully saturated rings. The third-order valence-corrected chi connectivity index (χ3v) is 3.18. The molecule has 0 amide bonds. The van der Waals surface area contributed by atoms with E-state index in [0.717, 1.165) is 28.7 Å². The van der Waals surface area contributed by atoms with Crippen LogP contribution in [0.1, 0.15) is 6.92 Å². The van der Waals surface area contributed by atoms with Crippen LogP contribution in [-0.4, -0.2) is 20.0 Å². The maximum absolute atomic E-state index is 6.07. The van der Waals surface area contributed by atoms with Crippen LogP contribution < -0.4 is 0 Å². The summed E-state index contributed by atoms with van der Waals surface area (Å²) in [5.41, 5.74) is 1.77. The zero-order valence-electron chi connectivity index (χ0n) is 9.84. The lowest BCUT2D eigenvalue weighted by molar-refractivity contribution is 0.665. The summed E-state index contributed by atoms with van der Waals surface area (Å²) in [6.07, 6.45) is 1.77. The molecule has 2 aromatic heterocycles. The second kappa shape index (κ2) is 4.38. The summed E-state index contributed by atoms with van der Waals surface area (Å²) in [4.78, 5) is 0. The van der Waals surface area contributed by atoms with Crippen LogP contribution in [0.5, 0.6) is 0 Å². The van der Waals surface area contributed by atoms with Crippen molar-refractivity contribution in [1.82, 2.24) is 20.0 Å². The minimum atomic E-state index is 0.428. The normalized spacial score (nSPS) is 11.0. The van der Waals surface area contributed by atoms with Gasteiger partial charge in [-0.1, -0.05) is 35.9 Å². The lowest BCUT2D eigenvalue weighted by atomic mass is 10.1. The number of hydrogen-bond donors (Lipinski definition) is 0. The molecule has 0 saturated heterocycles. The molecule has 1 aromatic carbocycles. The van der Waals surface area contributed by atoms with E-state index in [1.54, 1.807) is 6.20 Å². The molecule has 0 spiro atoms. The molecule has 0 aliphatic rings. The van der Waals surface area contributed by atoms with E-state index in [-0.39, 0.29) is 0 Å². The van der Waals surface area contributed by atoms with Crippen LogP contribution in [0, 0.1) is 0 Å². The van der Waals surface area contributed by atoms with E-state index in [1.807, 2.05) is 41.9 Å². The van der Waals surface area contributed by atoms with Gasteiger partial charge in [0.25, 0.3) is 0 Å². The van der Waals surface area contributed by atoms with Crippen molar-refractivity contribution in [2.24, 2.45) is 0 Å². The largest absolute Gasteiger partial charge is 0.263 e. The fourth-order valence-electron chi connectivity index (χ4n) is 2.05. The third-order valence-electron chi connectivity index (χ3n) is 2.90. The Balaban J connectivity index is 2.34. The minimum absolute atomic E-state index is 0.428. The predicted octanol–water partition coefficient (Wildman–Crippen LogP) is 3.17. The van der Waals surface area contributed by atoms with Crippen molar-refractivity contribution in [1.29, 1.82) is 0 Å². The lowest BCUT2D eigenvalue weighted by Crippen LogP contribution is -2.01. The van der Waals surface area contributed by atoms with Crippen LogP contribution >= 0.6 is 11.6 Å². The van der Waals surface area contributed by atoms with Crippen molar-refractivity contribution in [3.63, 3.8) is 0 Å². The van der Waals surface area contributed by atoms with Gasteiger partial charge in [0.1, 0.15) is 5.69 Å². The zero-order valence-corrected chi connectivity index (χ0v) is 10.6. The number of rotatable bonds is 2. The Kier molecular flexibility index (Phi) is 2.72. The number of fused-ring (bicyclic) bond motifs is 1. The first kappa shape index (κ1) is 11.2. The molecule has 0 aliphatic carbocycles. The molecule has 18 heavy (non-hydrogen) atoms. The molecule has 0 N–H and O–H groups in total. The third kappa shape index (κ3) is 1.66. The van der Waals surface area contributed by atoms with Gasteiger partial charge in [-0.05, 0) is 13.0 Å². The summed E-state index contributed by atoms with van der Waals surface area (Å²) < 4.78 is 1.89. The number of nitrogens with zero attached hydrogens (tertiary/aromatic N) is 4. The fraction of sp³-hybridized carbons (Fsp3) is 0.154. The Morgan fingerprint density at radius 2 is 1.89 bits per heavy atom. The van der Waals surface area contributed by atoms with Crippen molar-refractivity contribution in [3.05, 3.63) is 41.7 Å². The first-order chi connectivity index (χ1) is 8.81. The molecule has 0 atom stereocenters. The summed E-state index contributed by atoms with van der Waals surface area (Å²) in [5.74, 6) is 0. The van der Waals surface area contributed by atoms with E-state index < -0.39 is 0 Å². The molecule has 90 valence electrons. The quantitative estimate of drug-likeness (QED) is 0.709. The van der Waals surface area contributed by atoms with Gasteiger partial charge in [-0.15, -0.1) is 10.2 Å². The summed E-state index contributed by atoms with van der Waals surface area (Å²) in [6, 6.07) is 9.79. The number of halogens is 1. The van der Waals surface area contributed by atoms with Gasteiger partial charge in [0.15, 0.2) is 5.15 Å². The summed E-state index contributed by atoms with van der Waals surface area (Å²) in [5, 5.41) is 14.8. The summed E-state index contributed by atoms with van der Waals surface area (Å²) in [7, 11) is 0. The van der Waals surface area contributed by atoms with Crippen LogP contribution in [0.15, 0.2) is 36.5 Å². The molecule has 5 heteroatoms. The van der Waals surface area contributed by atoms with Gasteiger partial charge in [0.2, 0.25) is 0 Å². The van der Waals surface area contributed by atoms with Crippen LogP contribution in [0.25, 0.3) is 22.2 Å². The van der Waals surface area contributed by atoms with Gasteiger partial charge in [-0.3, -0.25) is 4.68 Å². The van der Waals surface area contributed by atoms with Crippen LogP contribution in [-0.2, 0) is 6.54 Å². The maximum atomic E-state index is 6.07. The summed E-state index contributed by atoms with van der Waals surface area (Å²) >= 11 is 6.07. The molecule has 0 saturated carbocycles. The molecule has 0 radical (unpaired) electrons. The molecule has 0 aliphatic heterocycles. The SMILES string of the molecule is CCn1nccc1-c1nnc(Cl)c2ccccc12. The van der Waals surface area contributed by atoms with E-state index in [2.05, 4.69) is 15.3 Å². The first-order valence-electron chi connectivity index (χ1n) is 5.74. The molecule has 2 heterocycles. The number of aryl methyl sites for hydroxylation is 1. The highest BCUT2D eigenvalue weighted by atomic mass is 35.5. The van der Waals surface area contributed by atoms with Gasteiger partial charge in [0.05, 0.1) is 5.69 Å². The first-order valence-corrected chi connectivity index (χ1v) is 6.12. The molecular weight excluding hydrogens is 248 g/mol. The number of benzene rings is 1. The highest BCUT2D eigenvalue weighted by molar-refractivity contribution is 6.34. The molecule has 3 aromatic rings. The molecule has 4 nitrogen and oxygen atoms in total. The second-order valence-electron chi connectivity index (χ2n) is 3.92. The van der Waals surface area contributed by atoms with E-state index >= 15 is 0 Å². The van der Waals surface area contributed by atoms with Gasteiger partial charge in [-0.25, -0.2) is 0 Å². The molecule has 0 bridgehead atoms. The van der Waals surface area contributed by atoms with E-state index in [4.69, 9.17) is 11.6 Å². The van der Waals surface area contributed by atoms with Crippen molar-refractivity contribution in [3.8, 4) is 11.4 Å². The average Bonchev–Trinajstić information content (AvgIpc) is 2.88. The monoisotopic (exact) mass is 258 g/mol.